The highest BCUT2D eigenvalue weighted by atomic mass is 32.2. The third kappa shape index (κ3) is 2.30. The van der Waals surface area contributed by atoms with Crippen LogP contribution in [0, 0.1) is 0 Å². The molecule has 20 heavy (non-hydrogen) atoms. The Kier molecular flexibility index (Phi) is 3.44. The number of rotatable bonds is 1. The van der Waals surface area contributed by atoms with E-state index in [-0.39, 0.29) is 18.0 Å². The molecule has 0 bridgehead atoms. The average Bonchev–Trinajstić information content (AvgIpc) is 2.53. The molecule has 2 aliphatic rings. The van der Waals surface area contributed by atoms with E-state index in [1.54, 1.807) is 6.26 Å². The molecule has 1 heterocycles. The van der Waals surface area contributed by atoms with Crippen LogP contribution in [0.15, 0.2) is 51.5 Å². The molecular weight excluding hydrogens is 292 g/mol. The Labute approximate surface area is 125 Å². The summed E-state index contributed by atoms with van der Waals surface area (Å²) >= 11 is 2.73. The number of hydrogen-bond acceptors (Lipinski definition) is 5. The first-order valence-corrected chi connectivity index (χ1v) is 8.28. The molecule has 0 spiro atoms. The third-order valence-corrected chi connectivity index (χ3v) is 5.68. The maximum atomic E-state index is 12.4. The van der Waals surface area contributed by atoms with Crippen LogP contribution < -0.4 is 0 Å². The molecule has 104 valence electrons. The molecule has 1 unspecified atom stereocenters. The Hall–Kier alpha value is -1.17. The fourth-order valence-electron chi connectivity index (χ4n) is 2.46. The summed E-state index contributed by atoms with van der Waals surface area (Å²) in [6.45, 7) is 0. The first kappa shape index (κ1) is 13.8. The molecule has 1 aromatic carbocycles. The van der Waals surface area contributed by atoms with Crippen LogP contribution in [-0.4, -0.2) is 27.2 Å². The van der Waals surface area contributed by atoms with Crippen LogP contribution in [0.25, 0.3) is 0 Å². The van der Waals surface area contributed by atoms with Gasteiger partial charge in [-0.15, -0.1) is 11.8 Å². The van der Waals surface area contributed by atoms with Crippen molar-refractivity contribution < 1.29 is 15.0 Å². The lowest BCUT2D eigenvalue weighted by Crippen LogP contribution is -2.27. The zero-order chi connectivity index (χ0) is 14.3. The predicted octanol–water partition coefficient (Wildman–Crippen LogP) is 3.06. The van der Waals surface area contributed by atoms with E-state index in [4.69, 9.17) is 0 Å². The van der Waals surface area contributed by atoms with Gasteiger partial charge < -0.3 is 10.2 Å². The van der Waals surface area contributed by atoms with E-state index >= 15 is 0 Å². The zero-order valence-corrected chi connectivity index (χ0v) is 12.6. The van der Waals surface area contributed by atoms with E-state index in [0.717, 1.165) is 15.4 Å². The molecule has 0 radical (unpaired) electrons. The van der Waals surface area contributed by atoms with Crippen molar-refractivity contribution in [2.75, 3.05) is 6.26 Å². The number of aliphatic hydroxyl groups excluding tert-OH is 1. The number of benzene rings is 1. The van der Waals surface area contributed by atoms with Crippen LogP contribution in [0.5, 0.6) is 0 Å². The van der Waals surface area contributed by atoms with Crippen LogP contribution in [0.4, 0.5) is 0 Å². The molecule has 2 N–H and O–H groups in total. The first-order chi connectivity index (χ1) is 9.52. The lowest BCUT2D eigenvalue weighted by Gasteiger charge is -2.28. The van der Waals surface area contributed by atoms with E-state index in [0.29, 0.717) is 12.0 Å². The summed E-state index contributed by atoms with van der Waals surface area (Å²) in [7, 11) is 0. The molecule has 0 saturated heterocycles. The summed E-state index contributed by atoms with van der Waals surface area (Å²) in [4.78, 5) is 13.0. The second kappa shape index (κ2) is 4.98. The lowest BCUT2D eigenvalue weighted by molar-refractivity contribution is -0.115. The number of allylic oxidation sites excluding steroid dienone is 1. The van der Waals surface area contributed by atoms with Crippen LogP contribution >= 0.6 is 23.5 Å². The van der Waals surface area contributed by atoms with Gasteiger partial charge in [0.1, 0.15) is 10.7 Å². The Morgan fingerprint density at radius 1 is 1.35 bits per heavy atom. The van der Waals surface area contributed by atoms with E-state index < -0.39 is 4.93 Å². The monoisotopic (exact) mass is 306 g/mol. The first-order valence-electron chi connectivity index (χ1n) is 6.24. The van der Waals surface area contributed by atoms with E-state index in [2.05, 4.69) is 0 Å². The Balaban J connectivity index is 2.09. The standard InChI is InChI=1S/C15H14O3S2/c1-19-15(18)7-11(17)14-10(16)6-9-4-2-3-5-12(9)20-13(14)8-15/h2-5,7,17-18H,6,8H2,1H3. The minimum Gasteiger partial charge on any atom is -0.507 e. The van der Waals surface area contributed by atoms with E-state index in [9.17, 15) is 15.0 Å². The van der Waals surface area contributed by atoms with Crippen molar-refractivity contribution in [1.29, 1.82) is 0 Å². The van der Waals surface area contributed by atoms with Crippen molar-refractivity contribution in [2.24, 2.45) is 0 Å². The smallest absolute Gasteiger partial charge is 0.171 e. The summed E-state index contributed by atoms with van der Waals surface area (Å²) in [5.41, 5.74) is 1.34. The van der Waals surface area contributed by atoms with Gasteiger partial charge in [-0.2, -0.15) is 0 Å². The highest BCUT2D eigenvalue weighted by Crippen LogP contribution is 2.46. The highest BCUT2D eigenvalue weighted by molar-refractivity contribution is 8.03. The van der Waals surface area contributed by atoms with Crippen LogP contribution in [0.2, 0.25) is 0 Å². The Morgan fingerprint density at radius 3 is 2.85 bits per heavy atom. The Bertz CT molecular complexity index is 648. The fourth-order valence-corrected chi connectivity index (χ4v) is 4.36. The maximum Gasteiger partial charge on any atom is 0.171 e. The van der Waals surface area contributed by atoms with Crippen molar-refractivity contribution in [1.82, 2.24) is 0 Å². The van der Waals surface area contributed by atoms with Crippen molar-refractivity contribution in [3.63, 3.8) is 0 Å². The average molecular weight is 306 g/mol. The molecule has 3 rings (SSSR count). The summed E-state index contributed by atoms with van der Waals surface area (Å²) in [6, 6.07) is 7.74. The molecule has 1 atom stereocenters. The largest absolute Gasteiger partial charge is 0.507 e. The number of fused-ring (bicyclic) bond motifs is 1. The fraction of sp³-hybridized carbons (Fsp3) is 0.267. The van der Waals surface area contributed by atoms with Gasteiger partial charge in [-0.25, -0.2) is 0 Å². The molecule has 5 heteroatoms. The van der Waals surface area contributed by atoms with E-state index in [1.165, 1.54) is 29.6 Å². The summed E-state index contributed by atoms with van der Waals surface area (Å²) in [5.74, 6) is -0.192. The van der Waals surface area contributed by atoms with Crippen LogP contribution in [0.3, 0.4) is 0 Å². The topological polar surface area (TPSA) is 57.5 Å². The number of hydrogen-bond donors (Lipinski definition) is 2. The Morgan fingerprint density at radius 2 is 2.10 bits per heavy atom. The van der Waals surface area contributed by atoms with Gasteiger partial charge in [0.15, 0.2) is 5.78 Å². The van der Waals surface area contributed by atoms with Gasteiger partial charge in [-0.05, 0) is 17.9 Å². The van der Waals surface area contributed by atoms with E-state index in [1.807, 2.05) is 24.3 Å². The molecule has 0 amide bonds. The second-order valence-corrected chi connectivity index (χ2v) is 7.12. The lowest BCUT2D eigenvalue weighted by atomic mass is 9.95. The number of thioether (sulfide) groups is 2. The number of ketones is 1. The highest BCUT2D eigenvalue weighted by Gasteiger charge is 2.37. The van der Waals surface area contributed by atoms with Crippen molar-refractivity contribution in [2.45, 2.75) is 22.7 Å². The summed E-state index contributed by atoms with van der Waals surface area (Å²) < 4.78 is 0. The molecule has 1 aliphatic carbocycles. The predicted molar refractivity (Wildman–Crippen MR) is 81.8 cm³/mol. The molecule has 0 aromatic heterocycles. The third-order valence-electron chi connectivity index (χ3n) is 3.50. The van der Waals surface area contributed by atoms with Gasteiger partial charge in [0.05, 0.1) is 5.57 Å². The minimum atomic E-state index is -1.14. The van der Waals surface area contributed by atoms with Crippen LogP contribution in [-0.2, 0) is 11.2 Å². The molecule has 1 aliphatic heterocycles. The van der Waals surface area contributed by atoms with Crippen molar-refractivity contribution in [3.8, 4) is 0 Å². The number of carbonyl (C=O) groups excluding carboxylic acids is 1. The molecule has 0 fully saturated rings. The molecule has 3 nitrogen and oxygen atoms in total. The molecule has 1 aromatic rings. The van der Waals surface area contributed by atoms with Gasteiger partial charge in [-0.3, -0.25) is 4.79 Å². The van der Waals surface area contributed by atoms with Crippen LogP contribution in [0.1, 0.15) is 12.0 Å². The molecule has 0 saturated carbocycles. The summed E-state index contributed by atoms with van der Waals surface area (Å²) in [5, 5.41) is 20.5. The number of Topliss-reactive ketones (excluding diaryl/α,β-unsaturated/α-hetero) is 1. The SMILES string of the molecule is CSC1(O)C=C(O)C2=C(C1)Sc1ccccc1CC2=O. The maximum absolute atomic E-state index is 12.4. The number of carbonyl (C=O) groups is 1. The normalized spacial score (nSPS) is 25.7. The molecular formula is C15H14O3S2. The minimum absolute atomic E-state index is 0.0886. The number of aliphatic hydroxyl groups is 2. The van der Waals surface area contributed by atoms with Gasteiger partial charge in [-0.1, -0.05) is 30.0 Å². The van der Waals surface area contributed by atoms with Gasteiger partial charge in [0.2, 0.25) is 0 Å². The van der Waals surface area contributed by atoms with Gasteiger partial charge in [0, 0.05) is 28.7 Å². The summed E-state index contributed by atoms with van der Waals surface area (Å²) in [6.07, 6.45) is 3.80. The quantitative estimate of drug-likeness (QED) is 0.781. The second-order valence-electron chi connectivity index (χ2n) is 4.86. The van der Waals surface area contributed by atoms with Crippen molar-refractivity contribution in [3.05, 3.63) is 52.1 Å². The van der Waals surface area contributed by atoms with Gasteiger partial charge in [0.25, 0.3) is 0 Å². The zero-order valence-electron chi connectivity index (χ0n) is 10.9. The van der Waals surface area contributed by atoms with Crippen molar-refractivity contribution >= 4 is 29.3 Å². The van der Waals surface area contributed by atoms with Gasteiger partial charge >= 0.3 is 0 Å².